The van der Waals surface area contributed by atoms with Gasteiger partial charge in [0.05, 0.1) is 5.56 Å². The van der Waals surface area contributed by atoms with E-state index in [1.165, 1.54) is 0 Å². The Morgan fingerprint density at radius 3 is 2.14 bits per heavy atom. The lowest BCUT2D eigenvalue weighted by molar-refractivity contribution is 0.455. The van der Waals surface area contributed by atoms with Gasteiger partial charge in [0.25, 0.3) is 0 Å². The van der Waals surface area contributed by atoms with E-state index in [9.17, 15) is 10.2 Å². The van der Waals surface area contributed by atoms with Crippen LogP contribution in [0.5, 0.6) is 11.5 Å². The summed E-state index contributed by atoms with van der Waals surface area (Å²) in [7, 11) is 0. The highest BCUT2D eigenvalue weighted by molar-refractivity contribution is 5.85. The highest BCUT2D eigenvalue weighted by atomic mass is 16.3. The second kappa shape index (κ2) is 5.33. The van der Waals surface area contributed by atoms with E-state index < -0.39 is 0 Å². The Morgan fingerprint density at radius 1 is 0.714 bits per heavy atom. The Labute approximate surface area is 123 Å². The van der Waals surface area contributed by atoms with Gasteiger partial charge in [0.15, 0.2) is 0 Å². The van der Waals surface area contributed by atoms with Gasteiger partial charge in [0.1, 0.15) is 11.5 Å². The van der Waals surface area contributed by atoms with Crippen LogP contribution in [0, 0.1) is 6.92 Å². The maximum atomic E-state index is 10.6. The first-order valence-corrected chi connectivity index (χ1v) is 6.84. The van der Waals surface area contributed by atoms with Gasteiger partial charge in [0, 0.05) is 5.56 Å². The van der Waals surface area contributed by atoms with Gasteiger partial charge in [0.2, 0.25) is 0 Å². The molecule has 0 aliphatic carbocycles. The van der Waals surface area contributed by atoms with Crippen LogP contribution in [-0.4, -0.2) is 10.2 Å². The van der Waals surface area contributed by atoms with Crippen LogP contribution in [0.1, 0.15) is 5.56 Å². The average molecular weight is 276 g/mol. The summed E-state index contributed by atoms with van der Waals surface area (Å²) in [4.78, 5) is 0. The van der Waals surface area contributed by atoms with Crippen molar-refractivity contribution in [2.24, 2.45) is 0 Å². The van der Waals surface area contributed by atoms with Crippen LogP contribution in [0.4, 0.5) is 0 Å². The predicted molar refractivity (Wildman–Crippen MR) is 85.4 cm³/mol. The van der Waals surface area contributed by atoms with E-state index in [1.807, 2.05) is 61.5 Å². The van der Waals surface area contributed by atoms with Crippen molar-refractivity contribution in [1.29, 1.82) is 0 Å². The lowest BCUT2D eigenvalue weighted by Gasteiger charge is -2.12. The lowest BCUT2D eigenvalue weighted by atomic mass is 9.95. The van der Waals surface area contributed by atoms with Gasteiger partial charge in [-0.25, -0.2) is 0 Å². The second-order valence-corrected chi connectivity index (χ2v) is 5.09. The van der Waals surface area contributed by atoms with E-state index in [1.54, 1.807) is 12.1 Å². The zero-order chi connectivity index (χ0) is 14.8. The van der Waals surface area contributed by atoms with Crippen molar-refractivity contribution >= 4 is 0 Å². The average Bonchev–Trinajstić information content (AvgIpc) is 2.48. The molecule has 0 unspecified atom stereocenters. The summed E-state index contributed by atoms with van der Waals surface area (Å²) in [6.07, 6.45) is 0. The largest absolute Gasteiger partial charge is 0.507 e. The SMILES string of the molecule is Cc1cccc(-c2c(O)ccc(-c3ccccc3)c2O)c1. The molecule has 0 aromatic heterocycles. The number of hydrogen-bond acceptors (Lipinski definition) is 2. The van der Waals surface area contributed by atoms with Crippen LogP contribution in [0.15, 0.2) is 66.7 Å². The molecule has 2 N–H and O–H groups in total. The Bertz CT molecular complexity index is 777. The maximum absolute atomic E-state index is 10.6. The molecule has 2 heteroatoms. The van der Waals surface area contributed by atoms with Crippen molar-refractivity contribution in [3.63, 3.8) is 0 Å². The number of phenolic OH excluding ortho intramolecular Hbond substituents is 2. The van der Waals surface area contributed by atoms with Gasteiger partial charge < -0.3 is 10.2 Å². The van der Waals surface area contributed by atoms with Crippen LogP contribution in [0.3, 0.4) is 0 Å². The number of hydrogen-bond donors (Lipinski definition) is 2. The number of phenols is 2. The minimum atomic E-state index is 0.0813. The summed E-state index contributed by atoms with van der Waals surface area (Å²) in [5, 5.41) is 20.8. The van der Waals surface area contributed by atoms with Gasteiger partial charge >= 0.3 is 0 Å². The molecule has 0 aliphatic heterocycles. The second-order valence-electron chi connectivity index (χ2n) is 5.09. The molecule has 0 amide bonds. The molecule has 0 saturated carbocycles. The summed E-state index contributed by atoms with van der Waals surface area (Å²) < 4.78 is 0. The predicted octanol–water partition coefficient (Wildman–Crippen LogP) is 4.74. The lowest BCUT2D eigenvalue weighted by Crippen LogP contribution is -1.86. The molecular weight excluding hydrogens is 260 g/mol. The third-order valence-corrected chi connectivity index (χ3v) is 3.55. The van der Waals surface area contributed by atoms with Crippen molar-refractivity contribution in [1.82, 2.24) is 0 Å². The van der Waals surface area contributed by atoms with Crippen LogP contribution in [0.25, 0.3) is 22.3 Å². The summed E-state index contributed by atoms with van der Waals surface area (Å²) >= 11 is 0. The highest BCUT2D eigenvalue weighted by Crippen LogP contribution is 2.43. The van der Waals surface area contributed by atoms with E-state index in [4.69, 9.17) is 0 Å². The Balaban J connectivity index is 2.22. The van der Waals surface area contributed by atoms with E-state index in [0.29, 0.717) is 11.1 Å². The molecule has 104 valence electrons. The fraction of sp³-hybridized carbons (Fsp3) is 0.0526. The van der Waals surface area contributed by atoms with E-state index in [0.717, 1.165) is 16.7 Å². The third-order valence-electron chi connectivity index (χ3n) is 3.55. The van der Waals surface area contributed by atoms with Gasteiger partial charge in [-0.05, 0) is 30.2 Å². The van der Waals surface area contributed by atoms with Gasteiger partial charge in [-0.3, -0.25) is 0 Å². The number of aryl methyl sites for hydroxylation is 1. The molecule has 3 rings (SSSR count). The highest BCUT2D eigenvalue weighted by Gasteiger charge is 2.15. The van der Waals surface area contributed by atoms with Crippen LogP contribution in [-0.2, 0) is 0 Å². The zero-order valence-corrected chi connectivity index (χ0v) is 11.7. The monoisotopic (exact) mass is 276 g/mol. The van der Waals surface area contributed by atoms with Crippen LogP contribution in [0.2, 0.25) is 0 Å². The summed E-state index contributed by atoms with van der Waals surface area (Å²) in [6.45, 7) is 1.98. The summed E-state index contributed by atoms with van der Waals surface area (Å²) in [5.74, 6) is 0.185. The topological polar surface area (TPSA) is 40.5 Å². The number of aromatic hydroxyl groups is 2. The Kier molecular flexibility index (Phi) is 3.36. The van der Waals surface area contributed by atoms with Gasteiger partial charge in [-0.2, -0.15) is 0 Å². The first-order valence-electron chi connectivity index (χ1n) is 6.84. The first kappa shape index (κ1) is 13.3. The van der Waals surface area contributed by atoms with Gasteiger partial charge in [-0.15, -0.1) is 0 Å². The van der Waals surface area contributed by atoms with Crippen molar-refractivity contribution in [3.05, 3.63) is 72.3 Å². The summed E-state index contributed by atoms with van der Waals surface area (Å²) in [6, 6.07) is 20.7. The molecule has 21 heavy (non-hydrogen) atoms. The zero-order valence-electron chi connectivity index (χ0n) is 11.7. The van der Waals surface area contributed by atoms with Gasteiger partial charge in [-0.1, -0.05) is 60.2 Å². The quantitative estimate of drug-likeness (QED) is 0.709. The Morgan fingerprint density at radius 2 is 1.43 bits per heavy atom. The van der Waals surface area contributed by atoms with Crippen LogP contribution < -0.4 is 0 Å². The number of rotatable bonds is 2. The molecule has 3 aromatic carbocycles. The van der Waals surface area contributed by atoms with E-state index in [2.05, 4.69) is 0 Å². The molecule has 0 saturated heterocycles. The molecule has 0 aliphatic rings. The normalized spacial score (nSPS) is 10.5. The molecule has 3 aromatic rings. The Hall–Kier alpha value is -2.74. The minimum absolute atomic E-state index is 0.0813. The molecule has 0 atom stereocenters. The van der Waals surface area contributed by atoms with Crippen molar-refractivity contribution in [2.75, 3.05) is 0 Å². The van der Waals surface area contributed by atoms with E-state index >= 15 is 0 Å². The van der Waals surface area contributed by atoms with Crippen molar-refractivity contribution in [3.8, 4) is 33.8 Å². The molecule has 0 fully saturated rings. The summed E-state index contributed by atoms with van der Waals surface area (Å²) in [5.41, 5.74) is 3.99. The van der Waals surface area contributed by atoms with Crippen molar-refractivity contribution in [2.45, 2.75) is 6.92 Å². The smallest absolute Gasteiger partial charge is 0.134 e. The molecule has 0 bridgehead atoms. The third kappa shape index (κ3) is 2.48. The fourth-order valence-electron chi connectivity index (χ4n) is 2.52. The minimum Gasteiger partial charge on any atom is -0.507 e. The number of benzene rings is 3. The van der Waals surface area contributed by atoms with Crippen LogP contribution >= 0.6 is 0 Å². The van der Waals surface area contributed by atoms with Crippen molar-refractivity contribution < 1.29 is 10.2 Å². The van der Waals surface area contributed by atoms with E-state index in [-0.39, 0.29) is 11.5 Å². The fourth-order valence-corrected chi connectivity index (χ4v) is 2.52. The molecular formula is C19H16O2. The maximum Gasteiger partial charge on any atom is 0.134 e. The molecule has 0 radical (unpaired) electrons. The molecule has 0 spiro atoms. The molecule has 2 nitrogen and oxygen atoms in total. The first-order chi connectivity index (χ1) is 10.2. The standard InChI is InChI=1S/C19H16O2/c1-13-6-5-9-15(12-13)18-17(20)11-10-16(19(18)21)14-7-3-2-4-8-14/h2-12,20-21H,1H3. The molecule has 0 heterocycles.